The van der Waals surface area contributed by atoms with Gasteiger partial charge in [-0.1, -0.05) is 6.42 Å². The molecule has 0 aliphatic heterocycles. The Morgan fingerprint density at radius 3 is 2.00 bits per heavy atom. The summed E-state index contributed by atoms with van der Waals surface area (Å²) < 4.78 is 0. The van der Waals surface area contributed by atoms with Gasteiger partial charge < -0.3 is 21.1 Å². The molecule has 0 amide bonds. The van der Waals surface area contributed by atoms with Crippen molar-refractivity contribution in [3.8, 4) is 0 Å². The Morgan fingerprint density at radius 2 is 1.54 bits per heavy atom. The average molecular weight is 389 g/mol. The summed E-state index contributed by atoms with van der Waals surface area (Å²) in [7, 11) is 0. The van der Waals surface area contributed by atoms with Gasteiger partial charge in [-0.3, -0.25) is 0 Å². The molecule has 4 N–H and O–H groups in total. The number of hydrogen-bond acceptors (Lipinski definition) is 6. The van der Waals surface area contributed by atoms with Crippen LogP contribution in [-0.4, -0.2) is 21.8 Å². The topological polar surface area (TPSA) is 112 Å². The predicted molar refractivity (Wildman–Crippen MR) is 114 cm³/mol. The first kappa shape index (κ1) is 25.5. The third-order valence-electron chi connectivity index (χ3n) is 3.92. The van der Waals surface area contributed by atoms with E-state index >= 15 is 0 Å². The van der Waals surface area contributed by atoms with Crippen LogP contribution in [0.25, 0.3) is 0 Å². The zero-order valence-electron chi connectivity index (χ0n) is 18.2. The summed E-state index contributed by atoms with van der Waals surface area (Å²) >= 11 is 0. The molecule has 6 heteroatoms. The number of nitrogens with zero attached hydrogens (tertiary/aromatic N) is 2. The lowest BCUT2D eigenvalue weighted by Crippen LogP contribution is -2.20. The summed E-state index contributed by atoms with van der Waals surface area (Å²) in [5.41, 5.74) is 15.6. The molecule has 1 heterocycles. The molecule has 1 fully saturated rings. The summed E-state index contributed by atoms with van der Waals surface area (Å²) in [4.78, 5) is 18.9. The second kappa shape index (κ2) is 13.6. The minimum absolute atomic E-state index is 0.167. The van der Waals surface area contributed by atoms with Crippen LogP contribution in [0.1, 0.15) is 77.6 Å². The second-order valence-electron chi connectivity index (χ2n) is 7.55. The zero-order valence-corrected chi connectivity index (χ0v) is 18.2. The van der Waals surface area contributed by atoms with E-state index in [1.807, 2.05) is 32.1 Å². The first-order chi connectivity index (χ1) is 13.0. The number of carbonyl (C=O) groups excluding carboxylic acids is 2. The Kier molecular flexibility index (Phi) is 12.4. The van der Waals surface area contributed by atoms with Crippen LogP contribution in [0.3, 0.4) is 0 Å². The molecule has 1 aliphatic rings. The minimum atomic E-state index is 0.167. The third kappa shape index (κ3) is 12.8. The summed E-state index contributed by atoms with van der Waals surface area (Å²) in [6.07, 6.45) is 8.39. The van der Waals surface area contributed by atoms with Gasteiger partial charge in [-0.2, -0.15) is 10.2 Å². The molecule has 2 rings (SSSR count). The molecule has 0 saturated heterocycles. The van der Waals surface area contributed by atoms with E-state index in [9.17, 15) is 9.59 Å². The summed E-state index contributed by atoms with van der Waals surface area (Å²) in [6, 6.07) is 4.13. The molecule has 156 valence electrons. The first-order valence-electron chi connectivity index (χ1n) is 9.66. The van der Waals surface area contributed by atoms with Crippen molar-refractivity contribution in [2.45, 2.75) is 73.1 Å². The fourth-order valence-electron chi connectivity index (χ4n) is 2.75. The predicted octanol–water partition coefficient (Wildman–Crippen LogP) is 3.95. The monoisotopic (exact) mass is 388 g/mol. The Bertz CT molecular complexity index is 654. The van der Waals surface area contributed by atoms with Crippen molar-refractivity contribution in [3.63, 3.8) is 0 Å². The van der Waals surface area contributed by atoms with Gasteiger partial charge in [-0.15, -0.1) is 0 Å². The molecule has 0 aromatic carbocycles. The van der Waals surface area contributed by atoms with Crippen molar-refractivity contribution in [2.75, 3.05) is 0 Å². The molecule has 1 saturated carbocycles. The molecule has 2 unspecified atom stereocenters. The number of nitrogens with two attached hydrogens (primary N) is 2. The number of allylic oxidation sites excluding steroid dienone is 4. The van der Waals surface area contributed by atoms with E-state index in [1.165, 1.54) is 40.5 Å². The SMILES string of the molecule is C/C(N)=C/C=C(\N)C1CCCC(c2ccc(C)nn2)C1.CC(C)=O.CC(C)=O. The van der Waals surface area contributed by atoms with Gasteiger partial charge in [0.15, 0.2) is 0 Å². The molecule has 28 heavy (non-hydrogen) atoms. The van der Waals surface area contributed by atoms with Crippen LogP contribution < -0.4 is 11.5 Å². The Morgan fingerprint density at radius 1 is 0.964 bits per heavy atom. The van der Waals surface area contributed by atoms with Gasteiger partial charge in [0.2, 0.25) is 0 Å². The van der Waals surface area contributed by atoms with Crippen LogP contribution in [0.5, 0.6) is 0 Å². The van der Waals surface area contributed by atoms with Gasteiger partial charge in [0, 0.05) is 17.3 Å². The lowest BCUT2D eigenvalue weighted by molar-refractivity contribution is -0.115. The van der Waals surface area contributed by atoms with Gasteiger partial charge in [0.1, 0.15) is 11.6 Å². The molecule has 2 atom stereocenters. The van der Waals surface area contributed by atoms with E-state index in [1.54, 1.807) is 0 Å². The number of hydrogen-bond donors (Lipinski definition) is 2. The zero-order chi connectivity index (χ0) is 21.7. The van der Waals surface area contributed by atoms with Crippen LogP contribution >= 0.6 is 0 Å². The van der Waals surface area contributed by atoms with Crippen LogP contribution in [0.4, 0.5) is 0 Å². The Balaban J connectivity index is 0.000000776. The van der Waals surface area contributed by atoms with E-state index in [2.05, 4.69) is 16.3 Å². The average Bonchev–Trinajstić information content (AvgIpc) is 2.59. The van der Waals surface area contributed by atoms with E-state index in [0.717, 1.165) is 35.6 Å². The summed E-state index contributed by atoms with van der Waals surface area (Å²) in [5.74, 6) is 1.23. The highest BCUT2D eigenvalue weighted by atomic mass is 16.1. The number of ketones is 2. The van der Waals surface area contributed by atoms with Gasteiger partial charge in [-0.05, 0) is 91.0 Å². The number of aryl methyl sites for hydroxylation is 1. The quantitative estimate of drug-likeness (QED) is 0.758. The molecule has 6 nitrogen and oxygen atoms in total. The maximum atomic E-state index is 9.44. The highest BCUT2D eigenvalue weighted by Crippen LogP contribution is 2.37. The summed E-state index contributed by atoms with van der Waals surface area (Å²) in [6.45, 7) is 9.94. The maximum Gasteiger partial charge on any atom is 0.126 e. The van der Waals surface area contributed by atoms with Crippen molar-refractivity contribution in [1.82, 2.24) is 10.2 Å². The molecule has 1 aromatic heterocycles. The van der Waals surface area contributed by atoms with Crippen LogP contribution in [0.2, 0.25) is 0 Å². The first-order valence-corrected chi connectivity index (χ1v) is 9.66. The third-order valence-corrected chi connectivity index (χ3v) is 3.92. The largest absolute Gasteiger partial charge is 0.402 e. The smallest absolute Gasteiger partial charge is 0.126 e. The van der Waals surface area contributed by atoms with E-state index in [-0.39, 0.29) is 11.6 Å². The maximum absolute atomic E-state index is 9.44. The highest BCUT2D eigenvalue weighted by molar-refractivity contribution is 5.72. The Labute approximate surface area is 169 Å². The standard InChI is InChI=1S/C16H24N4.2C3H6O/c1-11(17)6-8-15(18)13-4-3-5-14(10-13)16-9-7-12(2)19-20-16;2*1-3(2)4/h6-9,13-14H,3-5,10,17-18H2,1-2H3;2*1-2H3/b11-6-,15-8-;;. The van der Waals surface area contributed by atoms with Crippen LogP contribution in [0.15, 0.2) is 35.7 Å². The normalized spacial score (nSPS) is 19.5. The van der Waals surface area contributed by atoms with Crippen LogP contribution in [0, 0.1) is 12.8 Å². The van der Waals surface area contributed by atoms with Crippen molar-refractivity contribution >= 4 is 11.6 Å². The van der Waals surface area contributed by atoms with Gasteiger partial charge in [0.25, 0.3) is 0 Å². The molecule has 0 bridgehead atoms. The van der Waals surface area contributed by atoms with Crippen molar-refractivity contribution < 1.29 is 9.59 Å². The van der Waals surface area contributed by atoms with Gasteiger partial charge >= 0.3 is 0 Å². The summed E-state index contributed by atoms with van der Waals surface area (Å²) in [5, 5.41) is 8.49. The van der Waals surface area contributed by atoms with E-state index in [4.69, 9.17) is 11.5 Å². The Hall–Kier alpha value is -2.50. The van der Waals surface area contributed by atoms with Crippen molar-refractivity contribution in [2.24, 2.45) is 17.4 Å². The molecular weight excluding hydrogens is 352 g/mol. The molecule has 1 aromatic rings. The molecule has 1 aliphatic carbocycles. The van der Waals surface area contributed by atoms with Crippen LogP contribution in [-0.2, 0) is 9.59 Å². The van der Waals surface area contributed by atoms with E-state index in [0.29, 0.717) is 11.8 Å². The van der Waals surface area contributed by atoms with Gasteiger partial charge in [0.05, 0.1) is 11.4 Å². The number of rotatable bonds is 3. The van der Waals surface area contributed by atoms with Gasteiger partial charge in [-0.25, -0.2) is 0 Å². The number of aromatic nitrogens is 2. The lowest BCUT2D eigenvalue weighted by atomic mass is 9.78. The molecule has 0 spiro atoms. The molecule has 0 radical (unpaired) electrons. The van der Waals surface area contributed by atoms with E-state index < -0.39 is 0 Å². The van der Waals surface area contributed by atoms with Crippen molar-refractivity contribution in [1.29, 1.82) is 0 Å². The second-order valence-corrected chi connectivity index (χ2v) is 7.55. The highest BCUT2D eigenvalue weighted by Gasteiger charge is 2.25. The lowest BCUT2D eigenvalue weighted by Gasteiger charge is -2.28. The minimum Gasteiger partial charge on any atom is -0.402 e. The molecular formula is C22H36N4O2. The fraction of sp³-hybridized carbons (Fsp3) is 0.545. The number of carbonyl (C=O) groups is 2. The fourth-order valence-corrected chi connectivity index (χ4v) is 2.75. The number of Topliss-reactive ketones (excluding diaryl/α,β-unsaturated/α-hetero) is 2. The van der Waals surface area contributed by atoms with Crippen molar-refractivity contribution in [3.05, 3.63) is 47.1 Å².